The standard InChI is InChI=1S/C46H48N4/c1-5-15-39(16-6-1)35-47-31-13-32-48(36-40-17-7-2-8-18-40)45-27-29-46(30-28-45)50(38-42-21-11-4-12-22-42)34-14-33-49(37-41-19-9-3-10-20-41)44-25-23-43(47)24-26-44/h1-12,15-30H,13-14,31-38H2. The van der Waals surface area contributed by atoms with Gasteiger partial charge in [-0.25, -0.2) is 0 Å². The second-order valence-electron chi connectivity index (χ2n) is 13.4. The Labute approximate surface area is 298 Å². The first-order valence-corrected chi connectivity index (χ1v) is 18.1. The first-order valence-electron chi connectivity index (χ1n) is 18.1. The summed E-state index contributed by atoms with van der Waals surface area (Å²) in [6, 6.07) is 62.2. The van der Waals surface area contributed by atoms with E-state index in [9.17, 15) is 0 Å². The fourth-order valence-electron chi connectivity index (χ4n) is 7.07. The van der Waals surface area contributed by atoms with Gasteiger partial charge in [0.2, 0.25) is 0 Å². The van der Waals surface area contributed by atoms with Crippen molar-refractivity contribution in [3.05, 3.63) is 192 Å². The highest BCUT2D eigenvalue weighted by Crippen LogP contribution is 2.28. The summed E-state index contributed by atoms with van der Waals surface area (Å²) in [7, 11) is 0. The van der Waals surface area contributed by atoms with Gasteiger partial charge in [-0.3, -0.25) is 0 Å². The quantitative estimate of drug-likeness (QED) is 0.162. The maximum Gasteiger partial charge on any atom is 0.0429 e. The van der Waals surface area contributed by atoms with Crippen molar-refractivity contribution >= 4 is 22.7 Å². The molecule has 0 amide bonds. The van der Waals surface area contributed by atoms with E-state index in [0.717, 1.165) is 65.2 Å². The van der Waals surface area contributed by atoms with Crippen LogP contribution in [0.25, 0.3) is 0 Å². The molecule has 0 saturated heterocycles. The summed E-state index contributed by atoms with van der Waals surface area (Å²) in [6.07, 6.45) is 2.09. The zero-order valence-corrected chi connectivity index (χ0v) is 29.0. The van der Waals surface area contributed by atoms with Crippen molar-refractivity contribution in [2.75, 3.05) is 45.8 Å². The fourth-order valence-corrected chi connectivity index (χ4v) is 7.07. The van der Waals surface area contributed by atoms with Gasteiger partial charge in [0.25, 0.3) is 0 Å². The third-order valence-corrected chi connectivity index (χ3v) is 9.74. The smallest absolute Gasteiger partial charge is 0.0429 e. The number of anilines is 4. The lowest BCUT2D eigenvalue weighted by molar-refractivity contribution is 0.683. The molecule has 0 saturated carbocycles. The van der Waals surface area contributed by atoms with E-state index in [1.165, 1.54) is 45.0 Å². The molecular formula is C46H48N4. The zero-order chi connectivity index (χ0) is 33.8. The van der Waals surface area contributed by atoms with Crippen molar-refractivity contribution < 1.29 is 0 Å². The average Bonchev–Trinajstić information content (AvgIpc) is 3.18. The molecule has 6 aromatic rings. The lowest BCUT2D eigenvalue weighted by Crippen LogP contribution is -2.31. The van der Waals surface area contributed by atoms with E-state index < -0.39 is 0 Å². The lowest BCUT2D eigenvalue weighted by atomic mass is 10.1. The van der Waals surface area contributed by atoms with Gasteiger partial charge in [-0.15, -0.1) is 0 Å². The van der Waals surface area contributed by atoms with Crippen LogP contribution in [-0.2, 0) is 26.2 Å². The molecule has 4 aliphatic heterocycles. The maximum absolute atomic E-state index is 2.55. The van der Waals surface area contributed by atoms with Gasteiger partial charge in [0.1, 0.15) is 0 Å². The molecule has 4 aliphatic rings. The molecule has 0 unspecified atom stereocenters. The molecule has 0 spiro atoms. The highest BCUT2D eigenvalue weighted by Gasteiger charge is 2.16. The van der Waals surface area contributed by atoms with Crippen LogP contribution in [0.15, 0.2) is 170 Å². The van der Waals surface area contributed by atoms with E-state index in [1.807, 2.05) is 0 Å². The predicted molar refractivity (Wildman–Crippen MR) is 212 cm³/mol. The molecule has 0 aliphatic carbocycles. The Morgan fingerprint density at radius 2 is 0.460 bits per heavy atom. The van der Waals surface area contributed by atoms with Crippen LogP contribution in [0, 0.1) is 0 Å². The largest absolute Gasteiger partial charge is 0.367 e. The molecule has 252 valence electrons. The molecule has 50 heavy (non-hydrogen) atoms. The molecular weight excluding hydrogens is 609 g/mol. The van der Waals surface area contributed by atoms with E-state index >= 15 is 0 Å². The number of nitrogens with zero attached hydrogens (tertiary/aromatic N) is 4. The van der Waals surface area contributed by atoms with Crippen molar-refractivity contribution in [3.63, 3.8) is 0 Å². The van der Waals surface area contributed by atoms with E-state index in [2.05, 4.69) is 189 Å². The van der Waals surface area contributed by atoms with Crippen LogP contribution < -0.4 is 19.6 Å². The summed E-state index contributed by atoms with van der Waals surface area (Å²) in [5.41, 5.74) is 10.4. The fraction of sp³-hybridized carbons (Fsp3) is 0.217. The number of hydrogen-bond donors (Lipinski definition) is 0. The SMILES string of the molecule is c1ccc(CN2CCCN(Cc3ccccc3)c3ccc(cc3)N(Cc3ccccc3)CCCN(Cc3ccccc3)c3ccc2cc3)cc1. The average molecular weight is 657 g/mol. The van der Waals surface area contributed by atoms with Gasteiger partial charge in [0.05, 0.1) is 0 Å². The third-order valence-electron chi connectivity index (χ3n) is 9.74. The van der Waals surface area contributed by atoms with Crippen molar-refractivity contribution in [1.82, 2.24) is 0 Å². The number of hydrogen-bond acceptors (Lipinski definition) is 4. The second-order valence-corrected chi connectivity index (χ2v) is 13.4. The molecule has 0 radical (unpaired) electrons. The zero-order valence-electron chi connectivity index (χ0n) is 29.0. The van der Waals surface area contributed by atoms with Crippen LogP contribution in [0.3, 0.4) is 0 Å². The molecule has 0 N–H and O–H groups in total. The highest BCUT2D eigenvalue weighted by molar-refractivity contribution is 5.59. The summed E-state index contributed by atoms with van der Waals surface area (Å²) >= 11 is 0. The third kappa shape index (κ3) is 8.95. The van der Waals surface area contributed by atoms with Gasteiger partial charge < -0.3 is 19.6 Å². The van der Waals surface area contributed by atoms with Crippen LogP contribution in [0.1, 0.15) is 35.1 Å². The Morgan fingerprint density at radius 1 is 0.260 bits per heavy atom. The summed E-state index contributed by atoms with van der Waals surface area (Å²) in [6.45, 7) is 7.42. The first kappa shape index (κ1) is 33.0. The number of benzene rings is 6. The minimum absolute atomic E-state index is 0.887. The summed E-state index contributed by atoms with van der Waals surface area (Å²) in [5, 5.41) is 0. The van der Waals surface area contributed by atoms with Gasteiger partial charge in [0, 0.05) is 75.1 Å². The molecule has 4 heteroatoms. The Balaban J connectivity index is 1.22. The monoisotopic (exact) mass is 656 g/mol. The van der Waals surface area contributed by atoms with Crippen LogP contribution in [0.2, 0.25) is 0 Å². The van der Waals surface area contributed by atoms with Gasteiger partial charge in [-0.2, -0.15) is 0 Å². The molecule has 0 aromatic heterocycles. The Morgan fingerprint density at radius 3 is 0.660 bits per heavy atom. The number of rotatable bonds is 8. The van der Waals surface area contributed by atoms with Crippen LogP contribution >= 0.6 is 0 Å². The topological polar surface area (TPSA) is 13.0 Å². The maximum atomic E-state index is 2.55. The van der Waals surface area contributed by atoms with Gasteiger partial charge in [-0.05, 0) is 83.6 Å². The molecule has 0 atom stereocenters. The minimum Gasteiger partial charge on any atom is -0.367 e. The van der Waals surface area contributed by atoms with Crippen molar-refractivity contribution in [3.8, 4) is 0 Å². The molecule has 10 rings (SSSR count). The first-order chi connectivity index (χ1) is 24.8. The Bertz CT molecular complexity index is 1570. The normalized spacial score (nSPS) is 14.1. The van der Waals surface area contributed by atoms with Crippen molar-refractivity contribution in [1.29, 1.82) is 0 Å². The van der Waals surface area contributed by atoms with E-state index in [1.54, 1.807) is 0 Å². The van der Waals surface area contributed by atoms with Crippen LogP contribution in [0.5, 0.6) is 0 Å². The Kier molecular flexibility index (Phi) is 11.1. The molecule has 4 nitrogen and oxygen atoms in total. The summed E-state index contributed by atoms with van der Waals surface area (Å²) < 4.78 is 0. The molecule has 6 aromatic carbocycles. The highest BCUT2D eigenvalue weighted by atomic mass is 15.2. The van der Waals surface area contributed by atoms with E-state index in [4.69, 9.17) is 0 Å². The van der Waals surface area contributed by atoms with Crippen molar-refractivity contribution in [2.24, 2.45) is 0 Å². The summed E-state index contributed by atoms with van der Waals surface area (Å²) in [4.78, 5) is 10.2. The van der Waals surface area contributed by atoms with E-state index in [0.29, 0.717) is 0 Å². The minimum atomic E-state index is 0.887. The van der Waals surface area contributed by atoms with Gasteiger partial charge >= 0.3 is 0 Å². The second kappa shape index (κ2) is 16.8. The molecule has 0 fully saturated rings. The Hall–Kier alpha value is -5.48. The van der Waals surface area contributed by atoms with Gasteiger partial charge in [0.15, 0.2) is 0 Å². The summed E-state index contributed by atoms with van der Waals surface area (Å²) in [5.74, 6) is 0. The van der Waals surface area contributed by atoms with Crippen LogP contribution in [-0.4, -0.2) is 26.2 Å². The molecule has 4 bridgehead atoms. The molecule has 4 heterocycles. The van der Waals surface area contributed by atoms with E-state index in [-0.39, 0.29) is 0 Å². The van der Waals surface area contributed by atoms with Gasteiger partial charge in [-0.1, -0.05) is 121 Å². The van der Waals surface area contributed by atoms with Crippen molar-refractivity contribution in [2.45, 2.75) is 39.0 Å². The lowest BCUT2D eigenvalue weighted by Gasteiger charge is -2.32. The predicted octanol–water partition coefficient (Wildman–Crippen LogP) is 10.2. The van der Waals surface area contributed by atoms with Crippen LogP contribution in [0.4, 0.5) is 22.7 Å².